The van der Waals surface area contributed by atoms with Crippen LogP contribution in [0.5, 0.6) is 11.5 Å². The summed E-state index contributed by atoms with van der Waals surface area (Å²) in [5, 5.41) is 3.07. The van der Waals surface area contributed by atoms with Crippen LogP contribution >= 0.6 is 0 Å². The number of piperidine rings is 1. The minimum atomic E-state index is 0.134. The van der Waals surface area contributed by atoms with Gasteiger partial charge in [-0.25, -0.2) is 0 Å². The lowest BCUT2D eigenvalue weighted by Crippen LogP contribution is -2.42. The lowest BCUT2D eigenvalue weighted by molar-refractivity contribution is -0.127. The third kappa shape index (κ3) is 4.07. The lowest BCUT2D eigenvalue weighted by atomic mass is 9.95. The van der Waals surface area contributed by atoms with Gasteiger partial charge in [-0.05, 0) is 56.5 Å². The fourth-order valence-electron chi connectivity index (χ4n) is 3.81. The second-order valence-corrected chi connectivity index (χ2v) is 7.12. The highest BCUT2D eigenvalue weighted by molar-refractivity contribution is 5.78. The molecule has 6 nitrogen and oxygen atoms in total. The van der Waals surface area contributed by atoms with E-state index in [2.05, 4.69) is 22.3 Å². The molecule has 0 spiro atoms. The first-order valence-corrected chi connectivity index (χ1v) is 9.28. The number of likely N-dealkylation sites (tertiary alicyclic amines) is 1. The van der Waals surface area contributed by atoms with Crippen LogP contribution in [0.2, 0.25) is 0 Å². The molecular formula is C19H26N2O4. The van der Waals surface area contributed by atoms with Gasteiger partial charge in [-0.15, -0.1) is 0 Å². The highest BCUT2D eigenvalue weighted by Gasteiger charge is 2.26. The van der Waals surface area contributed by atoms with Crippen LogP contribution in [0.4, 0.5) is 0 Å². The van der Waals surface area contributed by atoms with Gasteiger partial charge in [0.25, 0.3) is 0 Å². The monoisotopic (exact) mass is 346 g/mol. The van der Waals surface area contributed by atoms with Crippen molar-refractivity contribution in [2.45, 2.75) is 38.3 Å². The van der Waals surface area contributed by atoms with Crippen LogP contribution in [0.3, 0.4) is 0 Å². The number of ether oxygens (including phenoxy) is 3. The van der Waals surface area contributed by atoms with E-state index >= 15 is 0 Å². The number of amides is 1. The molecule has 0 radical (unpaired) electrons. The van der Waals surface area contributed by atoms with Crippen molar-refractivity contribution in [2.75, 3.05) is 33.0 Å². The van der Waals surface area contributed by atoms with Gasteiger partial charge in [0.15, 0.2) is 11.5 Å². The molecule has 4 rings (SSSR count). The number of carbonyl (C=O) groups is 1. The van der Waals surface area contributed by atoms with Gasteiger partial charge in [0.2, 0.25) is 12.7 Å². The third-order valence-electron chi connectivity index (χ3n) is 5.33. The normalized spacial score (nSPS) is 23.8. The summed E-state index contributed by atoms with van der Waals surface area (Å²) in [5.41, 5.74) is 1.23. The first-order valence-electron chi connectivity index (χ1n) is 9.28. The summed E-state index contributed by atoms with van der Waals surface area (Å²) >= 11 is 0. The number of hydrogen-bond acceptors (Lipinski definition) is 5. The molecule has 0 aliphatic carbocycles. The molecule has 1 aromatic carbocycles. The van der Waals surface area contributed by atoms with Gasteiger partial charge in [0.05, 0.1) is 6.10 Å². The molecule has 1 N–H and O–H groups in total. The summed E-state index contributed by atoms with van der Waals surface area (Å²) in [6, 6.07) is 6.12. The van der Waals surface area contributed by atoms with Gasteiger partial charge in [-0.3, -0.25) is 9.69 Å². The van der Waals surface area contributed by atoms with Crippen molar-refractivity contribution in [2.24, 2.45) is 5.92 Å². The van der Waals surface area contributed by atoms with Gasteiger partial charge in [-0.2, -0.15) is 0 Å². The molecule has 1 atom stereocenters. The van der Waals surface area contributed by atoms with Crippen molar-refractivity contribution in [3.05, 3.63) is 23.8 Å². The maximum atomic E-state index is 12.3. The Morgan fingerprint density at radius 1 is 1.16 bits per heavy atom. The zero-order valence-electron chi connectivity index (χ0n) is 14.5. The standard InChI is InChI=1S/C19H26N2O4/c22-19(20-11-16-2-1-9-23-16)15-5-7-21(8-6-15)12-14-3-4-17-18(10-14)25-13-24-17/h3-4,10,15-16H,1-2,5-9,11-13H2,(H,20,22). The summed E-state index contributed by atoms with van der Waals surface area (Å²) < 4.78 is 16.4. The molecule has 1 amide bonds. The van der Waals surface area contributed by atoms with E-state index in [4.69, 9.17) is 14.2 Å². The van der Waals surface area contributed by atoms with Crippen molar-refractivity contribution >= 4 is 5.91 Å². The van der Waals surface area contributed by atoms with Gasteiger partial charge < -0.3 is 19.5 Å². The van der Waals surface area contributed by atoms with Crippen LogP contribution < -0.4 is 14.8 Å². The molecule has 136 valence electrons. The van der Waals surface area contributed by atoms with Gasteiger partial charge in [-0.1, -0.05) is 6.07 Å². The van der Waals surface area contributed by atoms with Crippen LogP contribution in [0.1, 0.15) is 31.2 Å². The zero-order valence-corrected chi connectivity index (χ0v) is 14.5. The fourth-order valence-corrected chi connectivity index (χ4v) is 3.81. The maximum absolute atomic E-state index is 12.3. The molecule has 1 aromatic rings. The van der Waals surface area contributed by atoms with E-state index < -0.39 is 0 Å². The van der Waals surface area contributed by atoms with E-state index in [0.29, 0.717) is 13.3 Å². The zero-order chi connectivity index (χ0) is 17.1. The van der Waals surface area contributed by atoms with E-state index in [1.807, 2.05) is 6.07 Å². The summed E-state index contributed by atoms with van der Waals surface area (Å²) in [6.45, 7) is 4.60. The summed E-state index contributed by atoms with van der Waals surface area (Å²) in [4.78, 5) is 14.7. The molecular weight excluding hydrogens is 320 g/mol. The van der Waals surface area contributed by atoms with E-state index in [1.165, 1.54) is 5.56 Å². The summed E-state index contributed by atoms with van der Waals surface area (Å²) in [6.07, 6.45) is 4.23. The molecule has 3 aliphatic heterocycles. The minimum absolute atomic E-state index is 0.134. The topological polar surface area (TPSA) is 60.0 Å². The highest BCUT2D eigenvalue weighted by atomic mass is 16.7. The fraction of sp³-hybridized carbons (Fsp3) is 0.632. The summed E-state index contributed by atoms with van der Waals surface area (Å²) in [5.74, 6) is 1.99. The first kappa shape index (κ1) is 16.7. The SMILES string of the molecule is O=C(NCC1CCCO1)C1CCN(Cc2ccc3c(c2)OCO3)CC1. The average molecular weight is 346 g/mol. The Morgan fingerprint density at radius 3 is 2.80 bits per heavy atom. The van der Waals surface area contributed by atoms with Crippen LogP contribution in [0.15, 0.2) is 18.2 Å². The molecule has 25 heavy (non-hydrogen) atoms. The smallest absolute Gasteiger partial charge is 0.231 e. The average Bonchev–Trinajstić information content (AvgIpc) is 3.31. The first-order chi connectivity index (χ1) is 12.3. The van der Waals surface area contributed by atoms with Crippen molar-refractivity contribution in [3.8, 4) is 11.5 Å². The van der Waals surface area contributed by atoms with Gasteiger partial charge in [0, 0.05) is 25.6 Å². The Balaban J connectivity index is 1.22. The van der Waals surface area contributed by atoms with Gasteiger partial charge in [0.1, 0.15) is 0 Å². The quantitative estimate of drug-likeness (QED) is 0.883. The predicted molar refractivity (Wildman–Crippen MR) is 92.5 cm³/mol. The molecule has 2 saturated heterocycles. The Bertz CT molecular complexity index is 607. The van der Waals surface area contributed by atoms with Crippen molar-refractivity contribution < 1.29 is 19.0 Å². The molecule has 3 aliphatic rings. The number of nitrogens with zero attached hydrogens (tertiary/aromatic N) is 1. The number of benzene rings is 1. The molecule has 0 bridgehead atoms. The van der Waals surface area contributed by atoms with Gasteiger partial charge >= 0.3 is 0 Å². The van der Waals surface area contributed by atoms with Crippen molar-refractivity contribution in [3.63, 3.8) is 0 Å². The minimum Gasteiger partial charge on any atom is -0.454 e. The number of hydrogen-bond donors (Lipinski definition) is 1. The molecule has 6 heteroatoms. The van der Waals surface area contributed by atoms with Crippen LogP contribution in [0, 0.1) is 5.92 Å². The number of nitrogens with one attached hydrogen (secondary N) is 1. The Morgan fingerprint density at radius 2 is 2.00 bits per heavy atom. The number of carbonyl (C=O) groups excluding carboxylic acids is 1. The van der Waals surface area contributed by atoms with E-state index in [1.54, 1.807) is 0 Å². The van der Waals surface area contributed by atoms with Crippen molar-refractivity contribution in [1.82, 2.24) is 10.2 Å². The summed E-state index contributed by atoms with van der Waals surface area (Å²) in [7, 11) is 0. The predicted octanol–water partition coefficient (Wildman–Crippen LogP) is 1.92. The van der Waals surface area contributed by atoms with Crippen molar-refractivity contribution in [1.29, 1.82) is 0 Å². The maximum Gasteiger partial charge on any atom is 0.231 e. The number of rotatable bonds is 5. The Kier molecular flexibility index (Phi) is 5.08. The molecule has 2 fully saturated rings. The largest absolute Gasteiger partial charge is 0.454 e. The second kappa shape index (κ2) is 7.62. The van der Waals surface area contributed by atoms with Crippen LogP contribution in [0.25, 0.3) is 0 Å². The second-order valence-electron chi connectivity index (χ2n) is 7.12. The molecule has 0 saturated carbocycles. The Labute approximate surface area is 148 Å². The van der Waals surface area contributed by atoms with E-state index in [0.717, 1.165) is 63.4 Å². The van der Waals surface area contributed by atoms with E-state index in [-0.39, 0.29) is 17.9 Å². The number of fused-ring (bicyclic) bond motifs is 1. The Hall–Kier alpha value is -1.79. The molecule has 0 aromatic heterocycles. The van der Waals surface area contributed by atoms with Crippen LogP contribution in [-0.2, 0) is 16.1 Å². The third-order valence-corrected chi connectivity index (χ3v) is 5.33. The lowest BCUT2D eigenvalue weighted by Gasteiger charge is -2.31. The highest BCUT2D eigenvalue weighted by Crippen LogP contribution is 2.33. The molecule has 1 unspecified atom stereocenters. The van der Waals surface area contributed by atoms with Crippen LogP contribution in [-0.4, -0.2) is 49.9 Å². The molecule has 3 heterocycles. The van der Waals surface area contributed by atoms with E-state index in [9.17, 15) is 4.79 Å².